The van der Waals surface area contributed by atoms with E-state index in [2.05, 4.69) is 0 Å². The fourth-order valence-corrected chi connectivity index (χ4v) is 2.93. The lowest BCUT2D eigenvalue weighted by molar-refractivity contribution is -0.143. The van der Waals surface area contributed by atoms with E-state index in [-0.39, 0.29) is 24.2 Å². The molecule has 0 saturated carbocycles. The Labute approximate surface area is 158 Å². The van der Waals surface area contributed by atoms with Crippen molar-refractivity contribution in [2.45, 2.75) is 19.0 Å². The molecule has 0 aliphatic carbocycles. The topological polar surface area (TPSA) is 39.4 Å². The minimum absolute atomic E-state index is 0.0379. The maximum atomic E-state index is 12.9. The highest BCUT2D eigenvalue weighted by molar-refractivity contribution is 7.11. The number of benzene rings is 1. The minimum atomic E-state index is -4.96. The predicted molar refractivity (Wildman–Crippen MR) is 87.6 cm³/mol. The maximum absolute atomic E-state index is 12.9. The molecule has 3 rings (SSSR count). The molecule has 3 aromatic rings. The van der Waals surface area contributed by atoms with Gasteiger partial charge in [-0.3, -0.25) is 0 Å². The second-order valence-corrected chi connectivity index (χ2v) is 6.56. The molecule has 1 aromatic carbocycles. The zero-order chi connectivity index (χ0) is 20.5. The van der Waals surface area contributed by atoms with Crippen LogP contribution >= 0.6 is 11.3 Å². The number of ether oxygens (including phenoxy) is 1. The lowest BCUT2D eigenvalue weighted by Crippen LogP contribution is -2.11. The SMILES string of the molecule is O=C(OCc1ccc(-c2cc(C(F)(F)F)cc(C(F)(F)F)c2)o1)c1cccs1. The van der Waals surface area contributed by atoms with Crippen LogP contribution in [0, 0.1) is 0 Å². The van der Waals surface area contributed by atoms with Gasteiger partial charge in [-0.2, -0.15) is 26.3 Å². The molecular formula is C18H10F6O3S. The van der Waals surface area contributed by atoms with Gasteiger partial charge in [-0.1, -0.05) is 6.07 Å². The van der Waals surface area contributed by atoms with Crippen LogP contribution in [0.15, 0.2) is 52.3 Å². The van der Waals surface area contributed by atoms with Gasteiger partial charge in [0.15, 0.2) is 0 Å². The molecule has 2 aromatic heterocycles. The highest BCUT2D eigenvalue weighted by Crippen LogP contribution is 2.39. The van der Waals surface area contributed by atoms with E-state index >= 15 is 0 Å². The average Bonchev–Trinajstić information content (AvgIpc) is 3.29. The lowest BCUT2D eigenvalue weighted by atomic mass is 10.0. The van der Waals surface area contributed by atoms with E-state index in [9.17, 15) is 31.1 Å². The van der Waals surface area contributed by atoms with Crippen molar-refractivity contribution in [1.82, 2.24) is 0 Å². The molecule has 0 N–H and O–H groups in total. The summed E-state index contributed by atoms with van der Waals surface area (Å²) in [6.45, 7) is -0.318. The van der Waals surface area contributed by atoms with Crippen molar-refractivity contribution in [2.75, 3.05) is 0 Å². The Bertz CT molecular complexity index is 938. The van der Waals surface area contributed by atoms with Crippen molar-refractivity contribution in [1.29, 1.82) is 0 Å². The van der Waals surface area contributed by atoms with Gasteiger partial charge in [-0.05, 0) is 41.8 Å². The Morgan fingerprint density at radius 1 is 0.964 bits per heavy atom. The molecule has 2 heterocycles. The fourth-order valence-electron chi connectivity index (χ4n) is 2.31. The molecule has 0 unspecified atom stereocenters. The molecule has 0 amide bonds. The van der Waals surface area contributed by atoms with Crippen LogP contribution in [0.25, 0.3) is 11.3 Å². The van der Waals surface area contributed by atoms with Gasteiger partial charge < -0.3 is 9.15 Å². The van der Waals surface area contributed by atoms with Crippen LogP contribution in [0.5, 0.6) is 0 Å². The van der Waals surface area contributed by atoms with Crippen molar-refractivity contribution in [3.05, 3.63) is 69.6 Å². The largest absolute Gasteiger partial charge is 0.457 e. The molecule has 148 valence electrons. The number of furan rings is 1. The second-order valence-electron chi connectivity index (χ2n) is 5.61. The van der Waals surface area contributed by atoms with Crippen molar-refractivity contribution in [2.24, 2.45) is 0 Å². The molecular weight excluding hydrogens is 410 g/mol. The maximum Gasteiger partial charge on any atom is 0.416 e. The van der Waals surface area contributed by atoms with E-state index in [1.165, 1.54) is 12.1 Å². The normalized spacial score (nSPS) is 12.2. The number of alkyl halides is 6. The number of rotatable bonds is 4. The number of esters is 1. The fraction of sp³-hybridized carbons (Fsp3) is 0.167. The molecule has 0 aliphatic rings. The van der Waals surface area contributed by atoms with E-state index in [0.717, 1.165) is 11.3 Å². The highest BCUT2D eigenvalue weighted by atomic mass is 32.1. The summed E-state index contributed by atoms with van der Waals surface area (Å²) in [6, 6.07) is 6.88. The summed E-state index contributed by atoms with van der Waals surface area (Å²) in [5, 5.41) is 1.67. The van der Waals surface area contributed by atoms with Crippen LogP contribution in [0.2, 0.25) is 0 Å². The number of hydrogen-bond acceptors (Lipinski definition) is 4. The van der Waals surface area contributed by atoms with Crippen LogP contribution in [-0.2, 0) is 23.7 Å². The molecule has 0 aliphatic heterocycles. The highest BCUT2D eigenvalue weighted by Gasteiger charge is 2.37. The molecule has 0 saturated heterocycles. The van der Waals surface area contributed by atoms with E-state index in [1.54, 1.807) is 17.5 Å². The van der Waals surface area contributed by atoms with Crippen molar-refractivity contribution >= 4 is 17.3 Å². The minimum Gasteiger partial charge on any atom is -0.457 e. The van der Waals surface area contributed by atoms with Gasteiger partial charge in [-0.15, -0.1) is 11.3 Å². The first kappa shape index (κ1) is 20.0. The molecule has 10 heteroatoms. The van der Waals surface area contributed by atoms with E-state index in [1.807, 2.05) is 0 Å². The predicted octanol–water partition coefficient (Wildman–Crippen LogP) is 6.40. The molecule has 0 spiro atoms. The van der Waals surface area contributed by atoms with Gasteiger partial charge in [0.25, 0.3) is 0 Å². The van der Waals surface area contributed by atoms with Crippen molar-refractivity contribution in [3.63, 3.8) is 0 Å². The zero-order valence-corrected chi connectivity index (χ0v) is 14.5. The summed E-state index contributed by atoms with van der Waals surface area (Å²) in [7, 11) is 0. The molecule has 28 heavy (non-hydrogen) atoms. The van der Waals surface area contributed by atoms with Gasteiger partial charge >= 0.3 is 18.3 Å². The van der Waals surface area contributed by atoms with Gasteiger partial charge in [0.05, 0.1) is 11.1 Å². The van der Waals surface area contributed by atoms with Crippen LogP contribution in [0.1, 0.15) is 26.6 Å². The third kappa shape index (κ3) is 4.56. The van der Waals surface area contributed by atoms with Gasteiger partial charge in [-0.25, -0.2) is 4.79 Å². The summed E-state index contributed by atoms with van der Waals surface area (Å²) in [5.41, 5.74) is -3.28. The zero-order valence-electron chi connectivity index (χ0n) is 13.7. The first-order chi connectivity index (χ1) is 13.0. The summed E-state index contributed by atoms with van der Waals surface area (Å²) >= 11 is 1.16. The first-order valence-electron chi connectivity index (χ1n) is 7.63. The molecule has 0 bridgehead atoms. The Morgan fingerprint density at radius 3 is 2.14 bits per heavy atom. The summed E-state index contributed by atoms with van der Waals surface area (Å²) in [5.74, 6) is -0.754. The van der Waals surface area contributed by atoms with Crippen molar-refractivity contribution in [3.8, 4) is 11.3 Å². The molecule has 0 radical (unpaired) electrons. The van der Waals surface area contributed by atoms with Crippen molar-refractivity contribution < 1.29 is 40.3 Å². The Balaban J connectivity index is 1.85. The Kier molecular flexibility index (Phi) is 5.24. The third-order valence-electron chi connectivity index (χ3n) is 3.60. The quantitative estimate of drug-likeness (QED) is 0.362. The molecule has 0 atom stereocenters. The Morgan fingerprint density at radius 2 is 1.61 bits per heavy atom. The number of carbonyl (C=O) groups excluding carboxylic acids is 1. The smallest absolute Gasteiger partial charge is 0.416 e. The van der Waals surface area contributed by atoms with Gasteiger partial charge in [0.1, 0.15) is 23.0 Å². The van der Waals surface area contributed by atoms with Crippen LogP contribution in [0.4, 0.5) is 26.3 Å². The number of halogens is 6. The van der Waals surface area contributed by atoms with Crippen LogP contribution in [0.3, 0.4) is 0 Å². The number of thiophene rings is 1. The monoisotopic (exact) mass is 420 g/mol. The standard InChI is InChI=1S/C18H10F6O3S/c19-17(20,21)11-6-10(7-12(8-11)18(22,23)24)14-4-3-13(27-14)9-26-16(25)15-2-1-5-28-15/h1-8H,9H2. The molecule has 0 fully saturated rings. The van der Waals surface area contributed by atoms with E-state index < -0.39 is 35.0 Å². The van der Waals surface area contributed by atoms with Crippen LogP contribution < -0.4 is 0 Å². The third-order valence-corrected chi connectivity index (χ3v) is 4.45. The van der Waals surface area contributed by atoms with E-state index in [4.69, 9.17) is 9.15 Å². The van der Waals surface area contributed by atoms with Crippen LogP contribution in [-0.4, -0.2) is 5.97 Å². The first-order valence-corrected chi connectivity index (χ1v) is 8.51. The summed E-state index contributed by atoms with van der Waals surface area (Å²) in [4.78, 5) is 12.1. The molecule has 3 nitrogen and oxygen atoms in total. The summed E-state index contributed by atoms with van der Waals surface area (Å²) in [6.07, 6.45) is -9.91. The number of carbonyl (C=O) groups is 1. The van der Waals surface area contributed by atoms with Gasteiger partial charge in [0, 0.05) is 5.56 Å². The Hall–Kier alpha value is -2.75. The number of hydrogen-bond donors (Lipinski definition) is 0. The van der Waals surface area contributed by atoms with E-state index in [0.29, 0.717) is 17.0 Å². The van der Waals surface area contributed by atoms with Gasteiger partial charge in [0.2, 0.25) is 0 Å². The lowest BCUT2D eigenvalue weighted by Gasteiger charge is -2.13. The second kappa shape index (κ2) is 7.34. The average molecular weight is 420 g/mol. The summed E-state index contributed by atoms with van der Waals surface area (Å²) < 4.78 is 87.9.